The summed E-state index contributed by atoms with van der Waals surface area (Å²) in [5.41, 5.74) is 1.49. The molecule has 0 spiro atoms. The highest BCUT2D eigenvalue weighted by Crippen LogP contribution is 2.59. The first kappa shape index (κ1) is 12.2. The van der Waals surface area contributed by atoms with Crippen molar-refractivity contribution in [3.63, 3.8) is 0 Å². The Labute approximate surface area is 111 Å². The molecule has 1 aromatic carbocycles. The van der Waals surface area contributed by atoms with Crippen LogP contribution in [0.5, 0.6) is 0 Å². The molecule has 0 saturated heterocycles. The van der Waals surface area contributed by atoms with E-state index in [1.165, 1.54) is 37.7 Å². The van der Waals surface area contributed by atoms with Crippen molar-refractivity contribution < 1.29 is 0 Å². The van der Waals surface area contributed by atoms with Crippen molar-refractivity contribution in [2.24, 2.45) is 17.8 Å². The molecule has 0 heterocycles. The van der Waals surface area contributed by atoms with Gasteiger partial charge >= 0.3 is 0 Å². The van der Waals surface area contributed by atoms with Gasteiger partial charge in [0.2, 0.25) is 0 Å². The Morgan fingerprint density at radius 3 is 2.56 bits per heavy atom. The maximum absolute atomic E-state index is 3.74. The summed E-state index contributed by atoms with van der Waals surface area (Å²) < 4.78 is 0. The topological polar surface area (TPSA) is 12.0 Å². The smallest absolute Gasteiger partial charge is 0.0104 e. The van der Waals surface area contributed by atoms with Gasteiger partial charge in [-0.3, -0.25) is 0 Å². The minimum atomic E-state index is 0.769. The van der Waals surface area contributed by atoms with Crippen LogP contribution in [0.2, 0.25) is 0 Å². The first-order valence-corrected chi connectivity index (χ1v) is 7.67. The first-order chi connectivity index (χ1) is 8.90. The fourth-order valence-corrected chi connectivity index (χ4v) is 4.13. The normalized spacial score (nSPS) is 31.1. The van der Waals surface area contributed by atoms with Gasteiger partial charge in [0.05, 0.1) is 0 Å². The van der Waals surface area contributed by atoms with Gasteiger partial charge in [-0.05, 0) is 55.5 Å². The second-order valence-corrected chi connectivity index (χ2v) is 6.02. The number of benzene rings is 1. The minimum absolute atomic E-state index is 0.769. The van der Waals surface area contributed by atoms with Crippen LogP contribution in [0, 0.1) is 17.8 Å². The molecule has 0 aliphatic heterocycles. The Hall–Kier alpha value is -0.820. The molecule has 3 unspecified atom stereocenters. The fourth-order valence-electron chi connectivity index (χ4n) is 4.13. The van der Waals surface area contributed by atoms with Crippen molar-refractivity contribution in [2.45, 2.75) is 45.1 Å². The third-order valence-corrected chi connectivity index (χ3v) is 4.99. The second kappa shape index (κ2) is 5.44. The van der Waals surface area contributed by atoms with Crippen LogP contribution in [0.1, 0.15) is 38.2 Å². The SMILES string of the molecule is CCNC(CCc1ccccc1)C1C2CCCC21. The molecule has 2 saturated carbocycles. The van der Waals surface area contributed by atoms with Gasteiger partial charge < -0.3 is 5.32 Å². The lowest BCUT2D eigenvalue weighted by Gasteiger charge is -2.20. The number of nitrogens with one attached hydrogen (secondary N) is 1. The Morgan fingerprint density at radius 1 is 1.17 bits per heavy atom. The van der Waals surface area contributed by atoms with E-state index in [0.29, 0.717) is 0 Å². The zero-order chi connectivity index (χ0) is 12.4. The Kier molecular flexibility index (Phi) is 3.69. The molecule has 3 atom stereocenters. The van der Waals surface area contributed by atoms with Crippen LogP contribution < -0.4 is 5.32 Å². The molecule has 18 heavy (non-hydrogen) atoms. The van der Waals surface area contributed by atoms with E-state index in [1.807, 2.05) is 0 Å². The first-order valence-electron chi connectivity index (χ1n) is 7.67. The van der Waals surface area contributed by atoms with Crippen LogP contribution >= 0.6 is 0 Å². The maximum Gasteiger partial charge on any atom is 0.0104 e. The van der Waals surface area contributed by atoms with Crippen LogP contribution in [0.3, 0.4) is 0 Å². The molecular weight excluding hydrogens is 218 g/mol. The number of fused-ring (bicyclic) bond motifs is 1. The molecule has 0 radical (unpaired) electrons. The van der Waals surface area contributed by atoms with Gasteiger partial charge in [-0.15, -0.1) is 0 Å². The molecule has 0 bridgehead atoms. The summed E-state index contributed by atoms with van der Waals surface area (Å²) in [5.74, 6) is 3.15. The Morgan fingerprint density at radius 2 is 1.89 bits per heavy atom. The Balaban J connectivity index is 1.55. The average Bonchev–Trinajstić information content (AvgIpc) is 2.88. The van der Waals surface area contributed by atoms with Crippen LogP contribution in [0.25, 0.3) is 0 Å². The van der Waals surface area contributed by atoms with Gasteiger partial charge in [0.15, 0.2) is 0 Å². The second-order valence-electron chi connectivity index (χ2n) is 6.02. The van der Waals surface area contributed by atoms with E-state index >= 15 is 0 Å². The van der Waals surface area contributed by atoms with Crippen molar-refractivity contribution in [3.8, 4) is 0 Å². The number of rotatable bonds is 6. The van der Waals surface area contributed by atoms with Crippen molar-refractivity contribution in [3.05, 3.63) is 35.9 Å². The van der Waals surface area contributed by atoms with E-state index in [9.17, 15) is 0 Å². The number of aryl methyl sites for hydroxylation is 1. The van der Waals surface area contributed by atoms with Gasteiger partial charge in [0.25, 0.3) is 0 Å². The van der Waals surface area contributed by atoms with Crippen LogP contribution in [-0.2, 0) is 6.42 Å². The third-order valence-electron chi connectivity index (χ3n) is 4.99. The van der Waals surface area contributed by atoms with E-state index in [2.05, 4.69) is 42.6 Å². The summed E-state index contributed by atoms with van der Waals surface area (Å²) >= 11 is 0. The molecule has 0 aromatic heterocycles. The highest BCUT2D eigenvalue weighted by atomic mass is 14.9. The summed E-state index contributed by atoms with van der Waals surface area (Å²) in [6.07, 6.45) is 7.04. The molecular formula is C17H25N. The van der Waals surface area contributed by atoms with Crippen molar-refractivity contribution in [2.75, 3.05) is 6.54 Å². The van der Waals surface area contributed by atoms with E-state index in [4.69, 9.17) is 0 Å². The molecule has 3 rings (SSSR count). The average molecular weight is 243 g/mol. The molecule has 1 nitrogen and oxygen atoms in total. The lowest BCUT2D eigenvalue weighted by atomic mass is 9.97. The molecule has 1 aromatic rings. The monoisotopic (exact) mass is 243 g/mol. The standard InChI is InChI=1S/C17H25N/c1-2-18-16(17-14-9-6-10-15(14)17)12-11-13-7-4-3-5-8-13/h3-5,7-8,14-18H,2,6,9-12H2,1H3. The largest absolute Gasteiger partial charge is 0.314 e. The van der Waals surface area contributed by atoms with Gasteiger partial charge in [-0.25, -0.2) is 0 Å². The molecule has 2 fully saturated rings. The molecule has 2 aliphatic rings. The van der Waals surface area contributed by atoms with E-state index in [1.54, 1.807) is 0 Å². The summed E-state index contributed by atoms with van der Waals surface area (Å²) in [7, 11) is 0. The van der Waals surface area contributed by atoms with Gasteiger partial charge in [-0.1, -0.05) is 43.7 Å². The molecule has 0 amide bonds. The molecule has 98 valence electrons. The Bertz CT molecular complexity index is 362. The van der Waals surface area contributed by atoms with E-state index in [0.717, 1.165) is 30.3 Å². The highest BCUT2D eigenvalue weighted by molar-refractivity contribution is 5.15. The minimum Gasteiger partial charge on any atom is -0.314 e. The molecule has 1 N–H and O–H groups in total. The van der Waals surface area contributed by atoms with Gasteiger partial charge in [0, 0.05) is 6.04 Å². The van der Waals surface area contributed by atoms with Gasteiger partial charge in [0.1, 0.15) is 0 Å². The number of hydrogen-bond donors (Lipinski definition) is 1. The summed E-state index contributed by atoms with van der Waals surface area (Å²) in [5, 5.41) is 3.74. The van der Waals surface area contributed by atoms with Crippen LogP contribution in [-0.4, -0.2) is 12.6 Å². The lowest BCUT2D eigenvalue weighted by Crippen LogP contribution is -2.33. The van der Waals surface area contributed by atoms with Crippen molar-refractivity contribution in [1.29, 1.82) is 0 Å². The molecule has 1 heteroatoms. The van der Waals surface area contributed by atoms with Crippen molar-refractivity contribution >= 4 is 0 Å². The van der Waals surface area contributed by atoms with E-state index in [-0.39, 0.29) is 0 Å². The predicted molar refractivity (Wildman–Crippen MR) is 76.5 cm³/mol. The van der Waals surface area contributed by atoms with Crippen LogP contribution in [0.15, 0.2) is 30.3 Å². The summed E-state index contributed by atoms with van der Waals surface area (Å²) in [6, 6.07) is 11.7. The maximum atomic E-state index is 3.74. The summed E-state index contributed by atoms with van der Waals surface area (Å²) in [6.45, 7) is 3.36. The quantitative estimate of drug-likeness (QED) is 0.804. The highest BCUT2D eigenvalue weighted by Gasteiger charge is 2.55. The van der Waals surface area contributed by atoms with Crippen LogP contribution in [0.4, 0.5) is 0 Å². The molecule has 2 aliphatic carbocycles. The predicted octanol–water partition coefficient (Wildman–Crippen LogP) is 3.64. The van der Waals surface area contributed by atoms with E-state index < -0.39 is 0 Å². The zero-order valence-electron chi connectivity index (χ0n) is 11.4. The van der Waals surface area contributed by atoms with Crippen molar-refractivity contribution in [1.82, 2.24) is 5.32 Å². The lowest BCUT2D eigenvalue weighted by molar-refractivity contribution is 0.392. The third kappa shape index (κ3) is 2.47. The summed E-state index contributed by atoms with van der Waals surface area (Å²) in [4.78, 5) is 0. The fraction of sp³-hybridized carbons (Fsp3) is 0.647. The number of hydrogen-bond acceptors (Lipinski definition) is 1. The van der Waals surface area contributed by atoms with Gasteiger partial charge in [-0.2, -0.15) is 0 Å². The zero-order valence-corrected chi connectivity index (χ0v) is 11.4.